The fraction of sp³-hybridized carbons (Fsp3) is 0.462. The standard InChI is InChI=1S/C13H20N2O3/c1-10(13(16)17)18-12-5-2-4-11(8-12)9-15-7-3-6-14/h2,4-5,8,10,15H,3,6-7,9,14H2,1H3,(H,16,17). The SMILES string of the molecule is CC(Oc1cccc(CNCCCN)c1)C(=O)O. The largest absolute Gasteiger partial charge is 0.479 e. The molecule has 5 nitrogen and oxygen atoms in total. The smallest absolute Gasteiger partial charge is 0.344 e. The first-order valence-electron chi connectivity index (χ1n) is 6.02. The Balaban J connectivity index is 2.48. The summed E-state index contributed by atoms with van der Waals surface area (Å²) in [5, 5.41) is 12.0. The molecule has 0 heterocycles. The van der Waals surface area contributed by atoms with Crippen LogP contribution in [0.4, 0.5) is 0 Å². The molecule has 0 saturated carbocycles. The number of hydrogen-bond donors (Lipinski definition) is 3. The van der Waals surface area contributed by atoms with Crippen molar-refractivity contribution >= 4 is 5.97 Å². The summed E-state index contributed by atoms with van der Waals surface area (Å²) in [6.45, 7) is 3.77. The van der Waals surface area contributed by atoms with Crippen LogP contribution in [0.25, 0.3) is 0 Å². The van der Waals surface area contributed by atoms with Gasteiger partial charge in [-0.2, -0.15) is 0 Å². The summed E-state index contributed by atoms with van der Waals surface area (Å²) in [4.78, 5) is 10.7. The highest BCUT2D eigenvalue weighted by molar-refractivity contribution is 5.72. The van der Waals surface area contributed by atoms with E-state index in [0.29, 0.717) is 12.3 Å². The van der Waals surface area contributed by atoms with Crippen LogP contribution in [-0.2, 0) is 11.3 Å². The van der Waals surface area contributed by atoms with Crippen molar-refractivity contribution in [3.05, 3.63) is 29.8 Å². The number of nitrogens with one attached hydrogen (secondary N) is 1. The Morgan fingerprint density at radius 1 is 1.56 bits per heavy atom. The minimum atomic E-state index is -0.971. The number of carboxylic acids is 1. The Morgan fingerprint density at radius 2 is 2.33 bits per heavy atom. The quantitative estimate of drug-likeness (QED) is 0.600. The van der Waals surface area contributed by atoms with Gasteiger partial charge in [0.1, 0.15) is 5.75 Å². The lowest BCUT2D eigenvalue weighted by molar-refractivity contribution is -0.144. The average molecular weight is 252 g/mol. The molecule has 0 spiro atoms. The molecule has 1 unspecified atom stereocenters. The minimum Gasteiger partial charge on any atom is -0.479 e. The number of nitrogens with two attached hydrogens (primary N) is 1. The minimum absolute atomic E-state index is 0.572. The molecule has 0 amide bonds. The summed E-state index contributed by atoms with van der Waals surface area (Å²) >= 11 is 0. The molecular formula is C13H20N2O3. The second-order valence-corrected chi connectivity index (χ2v) is 4.06. The second-order valence-electron chi connectivity index (χ2n) is 4.06. The number of hydrogen-bond acceptors (Lipinski definition) is 4. The Kier molecular flexibility index (Phi) is 6.18. The molecule has 0 aromatic heterocycles. The maximum Gasteiger partial charge on any atom is 0.344 e. The number of aliphatic carboxylic acids is 1. The lowest BCUT2D eigenvalue weighted by atomic mass is 10.2. The van der Waals surface area contributed by atoms with Crippen LogP contribution >= 0.6 is 0 Å². The Hall–Kier alpha value is -1.59. The highest BCUT2D eigenvalue weighted by Crippen LogP contribution is 2.15. The van der Waals surface area contributed by atoms with Crippen LogP contribution in [0.15, 0.2) is 24.3 Å². The molecule has 1 aromatic carbocycles. The Morgan fingerprint density at radius 3 is 3.00 bits per heavy atom. The number of carbonyl (C=O) groups is 1. The zero-order valence-electron chi connectivity index (χ0n) is 10.6. The molecule has 5 heteroatoms. The van der Waals surface area contributed by atoms with Crippen molar-refractivity contribution in [3.8, 4) is 5.75 Å². The number of ether oxygens (including phenoxy) is 1. The van der Waals surface area contributed by atoms with Crippen LogP contribution in [0.3, 0.4) is 0 Å². The highest BCUT2D eigenvalue weighted by Gasteiger charge is 2.12. The van der Waals surface area contributed by atoms with Crippen LogP contribution in [0.2, 0.25) is 0 Å². The van der Waals surface area contributed by atoms with Gasteiger partial charge in [-0.3, -0.25) is 0 Å². The Bertz CT molecular complexity index is 382. The summed E-state index contributed by atoms with van der Waals surface area (Å²) in [6.07, 6.45) is 0.0946. The molecule has 1 aromatic rings. The van der Waals surface area contributed by atoms with E-state index in [0.717, 1.165) is 25.1 Å². The summed E-state index contributed by atoms with van der Waals surface area (Å²) in [6, 6.07) is 7.41. The molecule has 100 valence electrons. The van der Waals surface area contributed by atoms with E-state index < -0.39 is 12.1 Å². The van der Waals surface area contributed by atoms with E-state index in [4.69, 9.17) is 15.6 Å². The van der Waals surface area contributed by atoms with Crippen molar-refractivity contribution in [1.29, 1.82) is 0 Å². The summed E-state index contributed by atoms with van der Waals surface area (Å²) < 4.78 is 5.30. The topological polar surface area (TPSA) is 84.6 Å². The molecule has 0 saturated heterocycles. The predicted octanol–water partition coefficient (Wildman–Crippen LogP) is 0.977. The number of rotatable bonds is 8. The van der Waals surface area contributed by atoms with Gasteiger partial charge in [-0.25, -0.2) is 4.79 Å². The maximum absolute atomic E-state index is 10.7. The van der Waals surface area contributed by atoms with E-state index in [-0.39, 0.29) is 0 Å². The van der Waals surface area contributed by atoms with Gasteiger partial charge >= 0.3 is 5.97 Å². The zero-order chi connectivity index (χ0) is 13.4. The van der Waals surface area contributed by atoms with Gasteiger partial charge in [0, 0.05) is 6.54 Å². The van der Waals surface area contributed by atoms with Crippen molar-refractivity contribution in [1.82, 2.24) is 5.32 Å². The lowest BCUT2D eigenvalue weighted by Gasteiger charge is -2.11. The first-order valence-corrected chi connectivity index (χ1v) is 6.02. The van der Waals surface area contributed by atoms with E-state index in [2.05, 4.69) is 5.32 Å². The van der Waals surface area contributed by atoms with Gasteiger partial charge in [-0.05, 0) is 44.1 Å². The molecule has 0 aliphatic carbocycles. The average Bonchev–Trinajstić information content (AvgIpc) is 2.35. The van der Waals surface area contributed by atoms with Crippen molar-refractivity contribution in [2.45, 2.75) is 26.0 Å². The zero-order valence-corrected chi connectivity index (χ0v) is 10.6. The third-order valence-corrected chi connectivity index (χ3v) is 2.45. The Labute approximate surface area is 107 Å². The summed E-state index contributed by atoms with van der Waals surface area (Å²) in [5.41, 5.74) is 6.46. The van der Waals surface area contributed by atoms with Crippen molar-refractivity contribution < 1.29 is 14.6 Å². The second kappa shape index (κ2) is 7.68. The maximum atomic E-state index is 10.7. The van der Waals surface area contributed by atoms with E-state index in [1.54, 1.807) is 6.07 Å². The van der Waals surface area contributed by atoms with Gasteiger partial charge in [0.2, 0.25) is 0 Å². The third-order valence-electron chi connectivity index (χ3n) is 2.45. The van der Waals surface area contributed by atoms with Gasteiger partial charge in [0.25, 0.3) is 0 Å². The first-order chi connectivity index (χ1) is 8.63. The predicted molar refractivity (Wildman–Crippen MR) is 69.5 cm³/mol. The number of carboxylic acid groups (broad SMARTS) is 1. The molecule has 0 aliphatic rings. The van der Waals surface area contributed by atoms with Crippen molar-refractivity contribution in [2.75, 3.05) is 13.1 Å². The molecule has 0 bridgehead atoms. The van der Waals surface area contributed by atoms with Gasteiger partial charge in [-0.15, -0.1) is 0 Å². The molecule has 0 radical (unpaired) electrons. The molecule has 0 aliphatic heterocycles. The summed E-state index contributed by atoms with van der Waals surface area (Å²) in [7, 11) is 0. The van der Waals surface area contributed by atoms with Gasteiger partial charge in [0.15, 0.2) is 6.10 Å². The van der Waals surface area contributed by atoms with Gasteiger partial charge in [-0.1, -0.05) is 12.1 Å². The van der Waals surface area contributed by atoms with Gasteiger partial charge < -0.3 is 20.9 Å². The fourth-order valence-electron chi connectivity index (χ4n) is 1.44. The van der Waals surface area contributed by atoms with E-state index in [9.17, 15) is 4.79 Å². The van der Waals surface area contributed by atoms with Crippen LogP contribution in [0.5, 0.6) is 5.75 Å². The van der Waals surface area contributed by atoms with Crippen LogP contribution in [0.1, 0.15) is 18.9 Å². The van der Waals surface area contributed by atoms with E-state index in [1.807, 2.05) is 18.2 Å². The molecule has 4 N–H and O–H groups in total. The molecule has 0 fully saturated rings. The normalized spacial score (nSPS) is 12.1. The lowest BCUT2D eigenvalue weighted by Crippen LogP contribution is -2.23. The fourth-order valence-corrected chi connectivity index (χ4v) is 1.44. The van der Waals surface area contributed by atoms with Gasteiger partial charge in [0.05, 0.1) is 0 Å². The first kappa shape index (κ1) is 14.5. The molecule has 1 atom stereocenters. The highest BCUT2D eigenvalue weighted by atomic mass is 16.5. The van der Waals surface area contributed by atoms with E-state index >= 15 is 0 Å². The van der Waals surface area contributed by atoms with Crippen LogP contribution in [-0.4, -0.2) is 30.3 Å². The van der Waals surface area contributed by atoms with Crippen molar-refractivity contribution in [2.24, 2.45) is 5.73 Å². The molecule has 1 rings (SSSR count). The molecular weight excluding hydrogens is 232 g/mol. The van der Waals surface area contributed by atoms with Crippen LogP contribution < -0.4 is 15.8 Å². The number of benzene rings is 1. The van der Waals surface area contributed by atoms with Crippen molar-refractivity contribution in [3.63, 3.8) is 0 Å². The molecule has 18 heavy (non-hydrogen) atoms. The summed E-state index contributed by atoms with van der Waals surface area (Å²) in [5.74, 6) is -0.399. The van der Waals surface area contributed by atoms with E-state index in [1.165, 1.54) is 6.92 Å². The third kappa shape index (κ3) is 5.16. The van der Waals surface area contributed by atoms with Crippen LogP contribution in [0, 0.1) is 0 Å². The monoisotopic (exact) mass is 252 g/mol.